The fraction of sp³-hybridized carbons (Fsp3) is 1.00. The topological polar surface area (TPSA) is 286 Å². The molecule has 0 aliphatic carbocycles. The van der Waals surface area contributed by atoms with Gasteiger partial charge in [0.1, 0.15) is 0 Å². The summed E-state index contributed by atoms with van der Waals surface area (Å²) in [5, 5.41) is 19.7. The number of rotatable bonds is 13. The molecule has 0 saturated carbocycles. The van der Waals surface area contributed by atoms with Crippen molar-refractivity contribution in [1.82, 2.24) is 10.2 Å². The van der Waals surface area contributed by atoms with Crippen LogP contribution in [0, 0.1) is 0 Å². The first-order valence-corrected chi connectivity index (χ1v) is 15.0. The zero-order chi connectivity index (χ0) is 24.4. The van der Waals surface area contributed by atoms with Crippen molar-refractivity contribution in [2.75, 3.05) is 32.8 Å². The summed E-state index contributed by atoms with van der Waals surface area (Å²) in [6, 6.07) is 0. The summed E-state index contributed by atoms with van der Waals surface area (Å²) in [6.45, 7) is 2.27. The Morgan fingerprint density at radius 1 is 0.667 bits per heavy atom. The highest BCUT2D eigenvalue weighted by atomic mass is 31.2. The van der Waals surface area contributed by atoms with Crippen LogP contribution in [0.5, 0.6) is 0 Å². The Morgan fingerprint density at radius 2 is 0.933 bits per heavy atom. The van der Waals surface area contributed by atoms with Crippen molar-refractivity contribution < 1.29 is 67.6 Å². The summed E-state index contributed by atoms with van der Waals surface area (Å²) in [6.07, 6.45) is 1.59. The molecule has 0 bridgehead atoms. The van der Waals surface area contributed by atoms with Gasteiger partial charge in [-0.15, -0.1) is 0 Å². The second-order valence-corrected chi connectivity index (χ2v) is 13.3. The van der Waals surface area contributed by atoms with E-state index in [4.69, 9.17) is 49.4 Å². The minimum absolute atomic E-state index is 0.242. The van der Waals surface area contributed by atoms with Gasteiger partial charge in [-0.1, -0.05) is 6.92 Å². The lowest BCUT2D eigenvalue weighted by molar-refractivity contribution is 0.207. The minimum Gasteiger partial charge on any atom is -0.396 e. The number of nitrogens with one attached hydrogen (secondary N) is 1. The van der Waals surface area contributed by atoms with Gasteiger partial charge in [-0.25, -0.2) is 0 Å². The monoisotopic (exact) mass is 526 g/mol. The van der Waals surface area contributed by atoms with Gasteiger partial charge in [0.2, 0.25) is 11.0 Å². The number of aliphatic hydroxyl groups excluding tert-OH is 2. The maximum absolute atomic E-state index is 11.2. The van der Waals surface area contributed by atoms with Crippen LogP contribution in [0.25, 0.3) is 0 Å². The molecule has 30 heavy (non-hydrogen) atoms. The van der Waals surface area contributed by atoms with E-state index in [1.807, 2.05) is 0 Å². The predicted octanol–water partition coefficient (Wildman–Crippen LogP) is -2.07. The zero-order valence-corrected chi connectivity index (χ0v) is 19.5. The summed E-state index contributed by atoms with van der Waals surface area (Å²) >= 11 is 0. The Balaban J connectivity index is 0. The molecule has 0 aliphatic rings. The van der Waals surface area contributed by atoms with Crippen molar-refractivity contribution in [2.24, 2.45) is 0 Å². The van der Waals surface area contributed by atoms with Gasteiger partial charge >= 0.3 is 30.4 Å². The van der Waals surface area contributed by atoms with Crippen molar-refractivity contribution in [3.63, 3.8) is 0 Å². The van der Waals surface area contributed by atoms with Gasteiger partial charge in [-0.2, -0.15) is 0 Å². The lowest BCUT2D eigenvalue weighted by Crippen LogP contribution is -2.42. The van der Waals surface area contributed by atoms with E-state index in [-0.39, 0.29) is 18.1 Å². The molecule has 0 fully saturated rings. The van der Waals surface area contributed by atoms with Gasteiger partial charge in [-0.3, -0.25) is 23.2 Å². The normalized spacial score (nSPS) is 13.7. The molecule has 0 spiro atoms. The molecule has 0 saturated heterocycles. The van der Waals surface area contributed by atoms with Crippen LogP contribution >= 0.6 is 30.4 Å². The molecule has 0 aliphatic heterocycles. The van der Waals surface area contributed by atoms with Gasteiger partial charge in [0.15, 0.2) is 0 Å². The molecular formula is C10H30N2O14P4. The molecule has 0 aromatic carbocycles. The van der Waals surface area contributed by atoms with Crippen molar-refractivity contribution in [2.45, 2.75) is 30.8 Å². The third-order valence-electron chi connectivity index (χ3n) is 3.19. The van der Waals surface area contributed by atoms with Gasteiger partial charge in [0.25, 0.3) is 0 Å². The van der Waals surface area contributed by atoms with Crippen molar-refractivity contribution in [3.8, 4) is 0 Å². The molecule has 0 aromatic heterocycles. The smallest absolute Gasteiger partial charge is 0.355 e. The fourth-order valence-corrected chi connectivity index (χ4v) is 8.43. The summed E-state index contributed by atoms with van der Waals surface area (Å²) in [4.78, 5) is 71.5. The number of hydrogen-bond acceptors (Lipinski definition) is 8. The van der Waals surface area contributed by atoms with E-state index in [9.17, 15) is 18.3 Å². The second kappa shape index (κ2) is 13.9. The van der Waals surface area contributed by atoms with Crippen LogP contribution in [0.2, 0.25) is 0 Å². The van der Waals surface area contributed by atoms with Crippen LogP contribution in [-0.4, -0.2) is 98.2 Å². The molecule has 16 nitrogen and oxygen atoms in total. The highest BCUT2D eigenvalue weighted by molar-refractivity contribution is 7.72. The lowest BCUT2D eigenvalue weighted by atomic mass is 10.4. The first kappa shape index (κ1) is 32.6. The second-order valence-electron chi connectivity index (χ2n) is 5.78. The summed E-state index contributed by atoms with van der Waals surface area (Å²) in [7, 11) is -22.7. The van der Waals surface area contributed by atoms with E-state index in [1.54, 1.807) is 0 Å². The molecule has 0 heterocycles. The van der Waals surface area contributed by atoms with Crippen LogP contribution in [0.15, 0.2) is 0 Å². The number of nitrogens with zero attached hydrogens (tertiary/aromatic N) is 1. The summed E-state index contributed by atoms with van der Waals surface area (Å²) in [5.41, 5.74) is -6.19. The molecule has 20 heteroatoms. The van der Waals surface area contributed by atoms with Crippen LogP contribution in [-0.2, 0) is 18.3 Å². The van der Waals surface area contributed by atoms with Gasteiger partial charge < -0.3 is 54.7 Å². The highest BCUT2D eigenvalue weighted by Crippen LogP contribution is 2.68. The Hall–Kier alpha value is 0.440. The summed E-state index contributed by atoms with van der Waals surface area (Å²) in [5.74, 6) is 0. The molecule has 0 aromatic rings. The zero-order valence-electron chi connectivity index (χ0n) is 15.9. The molecule has 0 rings (SSSR count). The quantitative estimate of drug-likeness (QED) is 0.0907. The SMILES string of the molecule is CCN(C(P(=O)(O)O)P(=O)(O)O)C(P(=O)(O)O)P(=O)(O)O.OCCCNCCCO. The Morgan fingerprint density at radius 3 is 1.10 bits per heavy atom. The van der Waals surface area contributed by atoms with E-state index in [1.165, 1.54) is 0 Å². The first-order chi connectivity index (χ1) is 13.4. The molecule has 11 N–H and O–H groups in total. The molecular weight excluding hydrogens is 496 g/mol. The summed E-state index contributed by atoms with van der Waals surface area (Å²) < 4.78 is 44.8. The fourth-order valence-electron chi connectivity index (χ4n) is 2.14. The minimum atomic E-state index is -5.69. The van der Waals surface area contributed by atoms with E-state index in [0.29, 0.717) is 0 Å². The van der Waals surface area contributed by atoms with Crippen molar-refractivity contribution in [1.29, 1.82) is 0 Å². The molecule has 0 radical (unpaired) electrons. The van der Waals surface area contributed by atoms with E-state index >= 15 is 0 Å². The first-order valence-electron chi connectivity index (χ1n) is 8.24. The van der Waals surface area contributed by atoms with Crippen LogP contribution in [0.1, 0.15) is 19.8 Å². The highest BCUT2D eigenvalue weighted by Gasteiger charge is 2.57. The maximum Gasteiger partial charge on any atom is 0.355 e. The van der Waals surface area contributed by atoms with Gasteiger partial charge in [-0.05, 0) is 32.5 Å². The third kappa shape index (κ3) is 13.1. The van der Waals surface area contributed by atoms with Crippen molar-refractivity contribution in [3.05, 3.63) is 0 Å². The van der Waals surface area contributed by atoms with Crippen LogP contribution < -0.4 is 5.32 Å². The molecule has 184 valence electrons. The maximum atomic E-state index is 11.2. The predicted molar refractivity (Wildman–Crippen MR) is 104 cm³/mol. The van der Waals surface area contributed by atoms with E-state index in [2.05, 4.69) is 5.32 Å². The standard InChI is InChI=1S/C6H15NO2.C4H15NO12P4/c8-5-1-3-7-4-2-6-9;1-2-5(3(18(6,7)8)19(9,10)11)4(20(12,13)14)21(15,16)17/h7-9H,1-6H2;3-4H,2H2,1H3,(H2,6,7,8)(H2,9,10,11)(H2,12,13,14)(H2,15,16,17). The third-order valence-corrected chi connectivity index (χ3v) is 10.4. The molecule has 0 unspecified atom stereocenters. The number of hydrogen-bond donors (Lipinski definition) is 11. The van der Waals surface area contributed by atoms with Crippen LogP contribution in [0.4, 0.5) is 0 Å². The number of aliphatic hydroxyl groups is 2. The van der Waals surface area contributed by atoms with Gasteiger partial charge in [0, 0.05) is 13.2 Å². The Kier molecular flexibility index (Phi) is 15.1. The Labute approximate surface area is 172 Å². The van der Waals surface area contributed by atoms with E-state index in [0.717, 1.165) is 32.9 Å². The van der Waals surface area contributed by atoms with Crippen LogP contribution in [0.3, 0.4) is 0 Å². The molecule has 0 amide bonds. The largest absolute Gasteiger partial charge is 0.396 e. The van der Waals surface area contributed by atoms with Crippen molar-refractivity contribution >= 4 is 30.4 Å². The molecule has 0 atom stereocenters. The van der Waals surface area contributed by atoms with E-state index < -0.39 is 48.0 Å². The average molecular weight is 526 g/mol. The average Bonchev–Trinajstić information content (AvgIpc) is 2.49. The van der Waals surface area contributed by atoms with Gasteiger partial charge in [0.05, 0.1) is 0 Å². The Bertz CT molecular complexity index is 570. The lowest BCUT2D eigenvalue weighted by Gasteiger charge is -2.36.